The van der Waals surface area contributed by atoms with Gasteiger partial charge < -0.3 is 5.32 Å². The predicted molar refractivity (Wildman–Crippen MR) is 104 cm³/mol. The predicted octanol–water partition coefficient (Wildman–Crippen LogP) is 2.94. The normalized spacial score (nSPS) is 17.8. The number of sulfonamides is 1. The lowest BCUT2D eigenvalue weighted by molar-refractivity contribution is -0.385. The highest BCUT2D eigenvalue weighted by Crippen LogP contribution is 2.26. The molecule has 1 N–H and O–H groups in total. The number of nitrogens with one attached hydrogen (secondary N) is 1. The molecule has 0 aliphatic carbocycles. The maximum atomic E-state index is 12.8. The lowest BCUT2D eigenvalue weighted by Crippen LogP contribution is -2.43. The highest BCUT2D eigenvalue weighted by Gasteiger charge is 2.33. The minimum absolute atomic E-state index is 0.0743. The zero-order chi connectivity index (χ0) is 20.3. The van der Waals surface area contributed by atoms with Crippen molar-refractivity contribution >= 4 is 27.3 Å². The molecule has 0 aromatic heterocycles. The van der Waals surface area contributed by atoms with Crippen LogP contribution in [0, 0.1) is 23.0 Å². The molecule has 0 saturated carbocycles. The van der Waals surface area contributed by atoms with Gasteiger partial charge in [0.1, 0.15) is 0 Å². The van der Waals surface area contributed by atoms with E-state index in [0.29, 0.717) is 30.6 Å². The van der Waals surface area contributed by atoms with Crippen molar-refractivity contribution in [3.8, 4) is 0 Å². The van der Waals surface area contributed by atoms with E-state index in [1.807, 2.05) is 0 Å². The lowest BCUT2D eigenvalue weighted by Gasteiger charge is -2.31. The monoisotopic (exact) mass is 403 g/mol. The quantitative estimate of drug-likeness (QED) is 0.610. The van der Waals surface area contributed by atoms with Crippen molar-refractivity contribution in [3.63, 3.8) is 0 Å². The average molecular weight is 403 g/mol. The molecule has 2 aromatic rings. The number of piperidine rings is 1. The second kappa shape index (κ2) is 8.07. The second-order valence-corrected chi connectivity index (χ2v) is 8.70. The topological polar surface area (TPSA) is 110 Å². The molecule has 148 valence electrons. The van der Waals surface area contributed by atoms with E-state index in [9.17, 15) is 23.3 Å². The van der Waals surface area contributed by atoms with Crippen LogP contribution in [0.4, 0.5) is 11.4 Å². The third-order valence-corrected chi connectivity index (χ3v) is 6.69. The Morgan fingerprint density at radius 1 is 1.21 bits per heavy atom. The van der Waals surface area contributed by atoms with E-state index in [1.54, 1.807) is 37.3 Å². The summed E-state index contributed by atoms with van der Waals surface area (Å²) >= 11 is 0. The molecule has 0 radical (unpaired) electrons. The van der Waals surface area contributed by atoms with E-state index >= 15 is 0 Å². The van der Waals surface area contributed by atoms with Crippen LogP contribution in [-0.2, 0) is 14.8 Å². The number of nitro benzene ring substituents is 1. The van der Waals surface area contributed by atoms with Crippen LogP contribution >= 0.6 is 0 Å². The summed E-state index contributed by atoms with van der Waals surface area (Å²) in [4.78, 5) is 23.4. The van der Waals surface area contributed by atoms with Crippen molar-refractivity contribution in [2.45, 2.75) is 24.7 Å². The van der Waals surface area contributed by atoms with E-state index in [-0.39, 0.29) is 23.0 Å². The van der Waals surface area contributed by atoms with E-state index in [1.165, 1.54) is 22.5 Å². The van der Waals surface area contributed by atoms with E-state index < -0.39 is 20.9 Å². The largest absolute Gasteiger partial charge is 0.326 e. The van der Waals surface area contributed by atoms with Crippen LogP contribution in [0.5, 0.6) is 0 Å². The van der Waals surface area contributed by atoms with Gasteiger partial charge in [-0.2, -0.15) is 4.31 Å². The number of rotatable bonds is 5. The van der Waals surface area contributed by atoms with Crippen LogP contribution in [0.25, 0.3) is 0 Å². The Morgan fingerprint density at radius 2 is 1.93 bits per heavy atom. The van der Waals surface area contributed by atoms with Gasteiger partial charge in [0, 0.05) is 30.4 Å². The van der Waals surface area contributed by atoms with Crippen LogP contribution in [0.2, 0.25) is 0 Å². The number of aryl methyl sites for hydroxylation is 1. The van der Waals surface area contributed by atoms with Crippen LogP contribution in [0.15, 0.2) is 53.4 Å². The Labute approximate surface area is 163 Å². The third kappa shape index (κ3) is 4.20. The van der Waals surface area contributed by atoms with Crippen molar-refractivity contribution in [2.24, 2.45) is 5.92 Å². The summed E-state index contributed by atoms with van der Waals surface area (Å²) in [6.07, 6.45) is 1.12. The molecule has 0 bridgehead atoms. The standard InChI is InChI=1S/C19H21N3O5S/c1-14-9-10-16(12-18(14)22(24)25)20-19(23)15-6-5-11-21(13-15)28(26,27)17-7-3-2-4-8-17/h2-4,7-10,12,15H,5-6,11,13H2,1H3,(H,20,23). The number of benzene rings is 2. The maximum Gasteiger partial charge on any atom is 0.274 e. The molecule has 1 heterocycles. The SMILES string of the molecule is Cc1ccc(NC(=O)C2CCCN(S(=O)(=O)c3ccccc3)C2)cc1[N+](=O)[O-]. The number of hydrogen-bond donors (Lipinski definition) is 1. The van der Waals surface area contributed by atoms with E-state index in [0.717, 1.165) is 0 Å². The molecule has 0 spiro atoms. The minimum atomic E-state index is -3.66. The summed E-state index contributed by atoms with van der Waals surface area (Å²) in [5.41, 5.74) is 0.751. The van der Waals surface area contributed by atoms with Gasteiger partial charge in [0.2, 0.25) is 15.9 Å². The molecule has 2 aromatic carbocycles. The van der Waals surface area contributed by atoms with Gasteiger partial charge in [0.05, 0.1) is 15.7 Å². The maximum absolute atomic E-state index is 12.8. The first kappa shape index (κ1) is 20.0. The number of anilines is 1. The number of carbonyl (C=O) groups is 1. The summed E-state index contributed by atoms with van der Waals surface area (Å²) < 4.78 is 26.9. The Balaban J connectivity index is 1.73. The molecule has 1 saturated heterocycles. The first-order valence-electron chi connectivity index (χ1n) is 8.90. The zero-order valence-corrected chi connectivity index (χ0v) is 16.2. The van der Waals surface area contributed by atoms with Gasteiger partial charge in [-0.25, -0.2) is 8.42 Å². The van der Waals surface area contributed by atoms with Crippen molar-refractivity contribution in [1.29, 1.82) is 0 Å². The Hall–Kier alpha value is -2.78. The Morgan fingerprint density at radius 3 is 2.61 bits per heavy atom. The van der Waals surface area contributed by atoms with Gasteiger partial charge in [-0.1, -0.05) is 24.3 Å². The fourth-order valence-corrected chi connectivity index (χ4v) is 4.79. The van der Waals surface area contributed by atoms with Crippen LogP contribution in [0.3, 0.4) is 0 Å². The first-order valence-corrected chi connectivity index (χ1v) is 10.3. The summed E-state index contributed by atoms with van der Waals surface area (Å²) in [5.74, 6) is -0.862. The highest BCUT2D eigenvalue weighted by atomic mass is 32.2. The van der Waals surface area contributed by atoms with Gasteiger partial charge in [-0.3, -0.25) is 14.9 Å². The minimum Gasteiger partial charge on any atom is -0.326 e. The molecule has 8 nitrogen and oxygen atoms in total. The molecule has 3 rings (SSSR count). The molecule has 9 heteroatoms. The number of carbonyl (C=O) groups excluding carboxylic acids is 1. The smallest absolute Gasteiger partial charge is 0.274 e. The first-order chi connectivity index (χ1) is 13.3. The van der Waals surface area contributed by atoms with Crippen molar-refractivity contribution < 1.29 is 18.1 Å². The Kier molecular flexibility index (Phi) is 5.76. The zero-order valence-electron chi connectivity index (χ0n) is 15.4. The lowest BCUT2D eigenvalue weighted by atomic mass is 9.98. The molecule has 1 aliphatic heterocycles. The summed E-state index contributed by atoms with van der Waals surface area (Å²) in [6, 6.07) is 12.6. The molecule has 1 fully saturated rings. The summed E-state index contributed by atoms with van der Waals surface area (Å²) in [5, 5.41) is 13.8. The highest BCUT2D eigenvalue weighted by molar-refractivity contribution is 7.89. The molecular weight excluding hydrogens is 382 g/mol. The molecular formula is C19H21N3O5S. The summed E-state index contributed by atoms with van der Waals surface area (Å²) in [6.45, 7) is 2.06. The van der Waals surface area contributed by atoms with Crippen molar-refractivity contribution in [3.05, 3.63) is 64.2 Å². The van der Waals surface area contributed by atoms with Gasteiger partial charge in [-0.15, -0.1) is 0 Å². The Bertz CT molecular complexity index is 992. The number of amides is 1. The second-order valence-electron chi connectivity index (χ2n) is 6.76. The third-order valence-electron chi connectivity index (χ3n) is 4.81. The van der Waals surface area contributed by atoms with E-state index in [2.05, 4.69) is 5.32 Å². The van der Waals surface area contributed by atoms with Gasteiger partial charge >= 0.3 is 0 Å². The number of hydrogen-bond acceptors (Lipinski definition) is 5. The molecule has 1 amide bonds. The molecule has 28 heavy (non-hydrogen) atoms. The fraction of sp³-hybridized carbons (Fsp3) is 0.316. The van der Waals surface area contributed by atoms with Gasteiger partial charge in [-0.05, 0) is 38.0 Å². The average Bonchev–Trinajstić information content (AvgIpc) is 2.70. The summed E-state index contributed by atoms with van der Waals surface area (Å²) in [7, 11) is -3.66. The van der Waals surface area contributed by atoms with Crippen LogP contribution < -0.4 is 5.32 Å². The molecule has 1 aliphatic rings. The fourth-order valence-electron chi connectivity index (χ4n) is 3.24. The van der Waals surface area contributed by atoms with Crippen LogP contribution in [0.1, 0.15) is 18.4 Å². The van der Waals surface area contributed by atoms with Crippen LogP contribution in [-0.4, -0.2) is 36.6 Å². The van der Waals surface area contributed by atoms with Crippen molar-refractivity contribution in [1.82, 2.24) is 4.31 Å². The van der Waals surface area contributed by atoms with Crippen molar-refractivity contribution in [2.75, 3.05) is 18.4 Å². The van der Waals surface area contributed by atoms with E-state index in [4.69, 9.17) is 0 Å². The number of nitrogens with zero attached hydrogens (tertiary/aromatic N) is 2. The van der Waals surface area contributed by atoms with Gasteiger partial charge in [0.15, 0.2) is 0 Å². The molecule has 1 atom stereocenters. The molecule has 1 unspecified atom stereocenters. The number of nitro groups is 1. The van der Waals surface area contributed by atoms with Gasteiger partial charge in [0.25, 0.3) is 5.69 Å².